The number of nitrogens with zero attached hydrogens (tertiary/aromatic N) is 3. The molecule has 7 aliphatic rings. The molecule has 15 heteroatoms. The first-order valence-corrected chi connectivity index (χ1v) is 19.1. The van der Waals surface area contributed by atoms with Gasteiger partial charge in [-0.2, -0.15) is 13.2 Å². The Kier molecular flexibility index (Phi) is 9.29. The van der Waals surface area contributed by atoms with Crippen LogP contribution in [0.25, 0.3) is 10.2 Å². The number of halogens is 4. The quantitative estimate of drug-likeness (QED) is 0.319. The minimum atomic E-state index is -4.62. The highest BCUT2D eigenvalue weighted by Crippen LogP contribution is 2.60. The number of hydrogen-bond donors (Lipinski definition) is 1. The first-order valence-electron chi connectivity index (χ1n) is 18.3. The molecule has 5 aliphatic heterocycles. The van der Waals surface area contributed by atoms with Gasteiger partial charge in [0.1, 0.15) is 11.2 Å². The molecule has 3 atom stereocenters. The van der Waals surface area contributed by atoms with Crippen LogP contribution in [-0.4, -0.2) is 111 Å². The molecule has 0 unspecified atom stereocenters. The molecular weight excluding hydrogens is 692 g/mol. The van der Waals surface area contributed by atoms with Crippen molar-refractivity contribution in [1.29, 1.82) is 0 Å². The maximum absolute atomic E-state index is 14.8. The lowest BCUT2D eigenvalue weighted by Gasteiger charge is -2.51. The van der Waals surface area contributed by atoms with E-state index in [0.29, 0.717) is 43.7 Å². The molecule has 2 aliphatic carbocycles. The van der Waals surface area contributed by atoms with Crippen LogP contribution < -0.4 is 10.2 Å². The highest BCUT2D eigenvalue weighted by Gasteiger charge is 2.71. The fourth-order valence-corrected chi connectivity index (χ4v) is 9.78. The zero-order valence-corrected chi connectivity index (χ0v) is 29.7. The van der Waals surface area contributed by atoms with E-state index in [4.69, 9.17) is 18.9 Å². The van der Waals surface area contributed by atoms with Gasteiger partial charge in [0.15, 0.2) is 0 Å². The summed E-state index contributed by atoms with van der Waals surface area (Å²) in [5.74, 6) is -2.36. The van der Waals surface area contributed by atoms with Crippen molar-refractivity contribution in [3.8, 4) is 0 Å². The highest BCUT2D eigenvalue weighted by atomic mass is 32.1. The van der Waals surface area contributed by atoms with Gasteiger partial charge in [-0.05, 0) is 64.4 Å². The molecule has 9 rings (SSSR count). The van der Waals surface area contributed by atoms with Crippen molar-refractivity contribution in [1.82, 2.24) is 15.2 Å². The predicted octanol–water partition coefficient (Wildman–Crippen LogP) is 5.09. The lowest BCUT2D eigenvalue weighted by Crippen LogP contribution is -2.66. The smallest absolute Gasteiger partial charge is 0.381 e. The van der Waals surface area contributed by atoms with E-state index in [1.165, 1.54) is 28.4 Å². The number of ether oxygens (including phenoxy) is 4. The van der Waals surface area contributed by atoms with E-state index in [9.17, 15) is 27.2 Å². The number of alkyl halides is 3. The van der Waals surface area contributed by atoms with Crippen LogP contribution in [0.1, 0.15) is 58.3 Å². The number of carbonyl (C=O) groups is 2. The molecule has 0 radical (unpaired) electrons. The number of thiazole rings is 1. The largest absolute Gasteiger partial charge is 0.403 e. The van der Waals surface area contributed by atoms with E-state index in [1.54, 1.807) is 5.51 Å². The molecule has 1 spiro atoms. The van der Waals surface area contributed by atoms with Crippen LogP contribution in [-0.2, 0) is 28.5 Å². The number of benzene rings is 1. The van der Waals surface area contributed by atoms with Gasteiger partial charge in [-0.15, -0.1) is 11.3 Å². The van der Waals surface area contributed by atoms with Crippen LogP contribution in [0.4, 0.5) is 23.2 Å². The van der Waals surface area contributed by atoms with Crippen molar-refractivity contribution in [2.75, 3.05) is 64.1 Å². The van der Waals surface area contributed by atoms with Crippen molar-refractivity contribution in [2.45, 2.75) is 88.8 Å². The molecule has 2 amide bonds. The predicted molar refractivity (Wildman–Crippen MR) is 180 cm³/mol. The second kappa shape index (κ2) is 13.4. The molecular formula is C36H46F4N4O6S. The highest BCUT2D eigenvalue weighted by molar-refractivity contribution is 7.17. The Morgan fingerprint density at radius 2 is 1.84 bits per heavy atom. The van der Waals surface area contributed by atoms with Crippen LogP contribution >= 0.6 is 11.3 Å². The summed E-state index contributed by atoms with van der Waals surface area (Å²) in [6.45, 7) is 5.05. The number of carbonyl (C=O) groups excluding carboxylic acids is 2. The Balaban J connectivity index is 1.02. The summed E-state index contributed by atoms with van der Waals surface area (Å²) in [5.41, 5.74) is -0.480. The minimum Gasteiger partial charge on any atom is -0.381 e. The number of amides is 2. The van der Waals surface area contributed by atoms with Gasteiger partial charge in [0.05, 0.1) is 71.5 Å². The first-order chi connectivity index (χ1) is 24.4. The van der Waals surface area contributed by atoms with Gasteiger partial charge in [0.25, 0.3) is 0 Å². The summed E-state index contributed by atoms with van der Waals surface area (Å²) in [7, 11) is 0. The average molecular weight is 739 g/mol. The maximum atomic E-state index is 14.8. The summed E-state index contributed by atoms with van der Waals surface area (Å²) in [4.78, 5) is 35.2. The van der Waals surface area contributed by atoms with Gasteiger partial charge < -0.3 is 34.1 Å². The minimum absolute atomic E-state index is 0.0105. The summed E-state index contributed by atoms with van der Waals surface area (Å²) >= 11 is 1.36. The summed E-state index contributed by atoms with van der Waals surface area (Å²) in [5, 5.41) is 3.23. The topological polar surface area (TPSA) is 102 Å². The molecule has 1 aromatic heterocycles. The summed E-state index contributed by atoms with van der Waals surface area (Å²) in [6.07, 6.45) is 0.482. The molecule has 1 aromatic carbocycles. The van der Waals surface area contributed by atoms with E-state index in [2.05, 4.69) is 10.3 Å². The number of fused-ring (bicyclic) bond motifs is 4. The standard InChI is InChI=1S/C36H46F4N4O6S/c1-22(49-19-33-6-2-24(3-7-33)50-20-33)28(15-48-25-4-10-47-11-5-25)42-31(45)26-14-43(29-13-23(37)12-27-30(29)51-21-41-27)16-34(26)17-44(18-34)32(46)35(8-9-35)36(38,39)40/h12-13,21-22,24-26,28H,2-11,14-20H2,1H3,(H,42,45)/t22-,24?,26+,28-,33?/m1/s1. The number of rotatable bonds is 11. The molecule has 7 fully saturated rings. The van der Waals surface area contributed by atoms with Gasteiger partial charge in [0.2, 0.25) is 11.8 Å². The Hall–Kier alpha value is -2.59. The normalized spacial score (nSPS) is 29.7. The van der Waals surface area contributed by atoms with Crippen molar-refractivity contribution in [2.24, 2.45) is 22.2 Å². The SMILES string of the molecule is C[C@@H](OCC12CCC(CC1)OC2)[C@@H](COC1CCOCC1)NC(=O)[C@@H]1CN(c2cc(F)cc3ncsc23)CC12CN(C(=O)C1(C(F)(F)F)CC1)C2. The second-order valence-electron chi connectivity index (χ2n) is 15.9. The van der Waals surface area contributed by atoms with Gasteiger partial charge in [-0.25, -0.2) is 9.37 Å². The van der Waals surface area contributed by atoms with E-state index in [1.807, 2.05) is 11.8 Å². The van der Waals surface area contributed by atoms with Crippen molar-refractivity contribution >= 4 is 39.1 Å². The van der Waals surface area contributed by atoms with E-state index >= 15 is 0 Å². The third kappa shape index (κ3) is 6.63. The van der Waals surface area contributed by atoms with Crippen molar-refractivity contribution in [3.05, 3.63) is 23.5 Å². The van der Waals surface area contributed by atoms with Gasteiger partial charge in [-0.3, -0.25) is 9.59 Å². The molecule has 6 heterocycles. The van der Waals surface area contributed by atoms with Crippen LogP contribution in [0.5, 0.6) is 0 Å². The second-order valence-corrected chi connectivity index (χ2v) is 16.8. The molecule has 1 N–H and O–H groups in total. The molecule has 10 nitrogen and oxygen atoms in total. The number of nitrogens with one attached hydrogen (secondary N) is 1. The van der Waals surface area contributed by atoms with Crippen LogP contribution in [0.15, 0.2) is 17.6 Å². The Morgan fingerprint density at radius 1 is 1.10 bits per heavy atom. The summed E-state index contributed by atoms with van der Waals surface area (Å²) < 4.78 is 81.7. The number of anilines is 1. The zero-order valence-electron chi connectivity index (χ0n) is 28.9. The maximum Gasteiger partial charge on any atom is 0.403 e. The average Bonchev–Trinajstić information content (AvgIpc) is 3.65. The summed E-state index contributed by atoms with van der Waals surface area (Å²) in [6, 6.07) is 2.27. The Bertz CT molecular complexity index is 1600. The molecule has 2 aromatic rings. The fourth-order valence-electron chi connectivity index (χ4n) is 8.97. The van der Waals surface area contributed by atoms with Gasteiger partial charge in [0, 0.05) is 56.3 Å². The lowest BCUT2D eigenvalue weighted by atomic mass is 9.70. The molecule has 2 bridgehead atoms. The van der Waals surface area contributed by atoms with E-state index in [0.717, 1.165) is 43.2 Å². The third-order valence-electron chi connectivity index (χ3n) is 12.5. The lowest BCUT2D eigenvalue weighted by molar-refractivity contribution is -0.205. The van der Waals surface area contributed by atoms with Crippen LogP contribution in [0, 0.1) is 28.0 Å². The molecule has 280 valence electrons. The Morgan fingerprint density at radius 3 is 2.51 bits per heavy atom. The number of aromatic nitrogens is 1. The number of hydrogen-bond acceptors (Lipinski definition) is 9. The Labute approximate surface area is 298 Å². The van der Waals surface area contributed by atoms with Crippen LogP contribution in [0.3, 0.4) is 0 Å². The number of likely N-dealkylation sites (tertiary alicyclic amines) is 1. The zero-order chi connectivity index (χ0) is 35.6. The molecule has 2 saturated carbocycles. The van der Waals surface area contributed by atoms with E-state index in [-0.39, 0.29) is 63.1 Å². The molecule has 51 heavy (non-hydrogen) atoms. The monoisotopic (exact) mass is 738 g/mol. The van der Waals surface area contributed by atoms with E-state index < -0.39 is 46.8 Å². The van der Waals surface area contributed by atoms with Crippen molar-refractivity contribution < 1.29 is 46.1 Å². The molecule has 5 saturated heterocycles. The third-order valence-corrected chi connectivity index (χ3v) is 13.4. The first kappa shape index (κ1) is 35.4. The van der Waals surface area contributed by atoms with Gasteiger partial charge >= 0.3 is 6.18 Å². The van der Waals surface area contributed by atoms with Crippen LogP contribution in [0.2, 0.25) is 0 Å². The fraction of sp³-hybridized carbons (Fsp3) is 0.750. The van der Waals surface area contributed by atoms with Crippen molar-refractivity contribution in [3.63, 3.8) is 0 Å². The van der Waals surface area contributed by atoms with Gasteiger partial charge in [-0.1, -0.05) is 0 Å².